The third-order valence-electron chi connectivity index (χ3n) is 3.96. The van der Waals surface area contributed by atoms with E-state index in [1.165, 1.54) is 24.3 Å². The molecule has 1 atom stereocenters. The summed E-state index contributed by atoms with van der Waals surface area (Å²) in [5.41, 5.74) is 0.965. The standard InChI is InChI=1S/C14H19NO2S2/c16-19(17)10-7-13(12-3-1-2-4-14(12)19)15-11-5-8-18-9-6-11/h1-4,11,13,15H,5-10H2. The Bertz CT molecular complexity index is 550. The molecule has 19 heavy (non-hydrogen) atoms. The fraction of sp³-hybridized carbons (Fsp3) is 0.571. The van der Waals surface area contributed by atoms with Crippen molar-refractivity contribution in [3.05, 3.63) is 29.8 Å². The number of benzene rings is 1. The van der Waals surface area contributed by atoms with E-state index >= 15 is 0 Å². The summed E-state index contributed by atoms with van der Waals surface area (Å²) < 4.78 is 24.2. The highest BCUT2D eigenvalue weighted by molar-refractivity contribution is 7.99. The van der Waals surface area contributed by atoms with Crippen molar-refractivity contribution in [1.29, 1.82) is 0 Å². The van der Waals surface area contributed by atoms with Crippen LogP contribution in [-0.2, 0) is 9.84 Å². The van der Waals surface area contributed by atoms with Gasteiger partial charge in [-0.15, -0.1) is 0 Å². The quantitative estimate of drug-likeness (QED) is 0.910. The van der Waals surface area contributed by atoms with Crippen molar-refractivity contribution in [2.45, 2.75) is 36.2 Å². The third-order valence-corrected chi connectivity index (χ3v) is 6.83. The van der Waals surface area contributed by atoms with Crippen molar-refractivity contribution in [2.24, 2.45) is 0 Å². The average molecular weight is 297 g/mol. The zero-order valence-electron chi connectivity index (χ0n) is 10.8. The molecule has 0 amide bonds. The molecule has 0 spiro atoms. The average Bonchev–Trinajstić information content (AvgIpc) is 2.44. The van der Waals surface area contributed by atoms with Gasteiger partial charge in [-0.05, 0) is 42.4 Å². The molecule has 3 rings (SSSR count). The topological polar surface area (TPSA) is 46.2 Å². The Hall–Kier alpha value is -0.520. The van der Waals surface area contributed by atoms with Crippen LogP contribution >= 0.6 is 11.8 Å². The molecule has 0 aliphatic carbocycles. The fourth-order valence-corrected chi connectivity index (χ4v) is 5.64. The number of hydrogen-bond acceptors (Lipinski definition) is 4. The van der Waals surface area contributed by atoms with Crippen LogP contribution in [0.5, 0.6) is 0 Å². The number of nitrogens with one attached hydrogen (secondary N) is 1. The molecule has 0 bridgehead atoms. The molecular weight excluding hydrogens is 278 g/mol. The lowest BCUT2D eigenvalue weighted by Crippen LogP contribution is -2.38. The molecule has 1 saturated heterocycles. The largest absolute Gasteiger partial charge is 0.307 e. The minimum atomic E-state index is -3.06. The second-order valence-electron chi connectivity index (χ2n) is 5.25. The minimum Gasteiger partial charge on any atom is -0.307 e. The van der Waals surface area contributed by atoms with Gasteiger partial charge in [-0.25, -0.2) is 8.42 Å². The van der Waals surface area contributed by atoms with Crippen molar-refractivity contribution in [3.8, 4) is 0 Å². The normalized spacial score (nSPS) is 26.8. The predicted molar refractivity (Wildman–Crippen MR) is 79.3 cm³/mol. The van der Waals surface area contributed by atoms with E-state index in [4.69, 9.17) is 0 Å². The lowest BCUT2D eigenvalue weighted by molar-refractivity contribution is 0.397. The lowest BCUT2D eigenvalue weighted by Gasteiger charge is -2.32. The van der Waals surface area contributed by atoms with Gasteiger partial charge in [0.2, 0.25) is 0 Å². The molecular formula is C14H19NO2S2. The molecule has 2 aliphatic rings. The highest BCUT2D eigenvalue weighted by Gasteiger charge is 2.31. The SMILES string of the molecule is O=S1(=O)CCC(NC2CCSCC2)c2ccccc21. The molecule has 3 nitrogen and oxygen atoms in total. The first-order valence-corrected chi connectivity index (χ1v) is 9.63. The van der Waals surface area contributed by atoms with Crippen LogP contribution < -0.4 is 5.32 Å². The fourth-order valence-electron chi connectivity index (χ4n) is 2.91. The summed E-state index contributed by atoms with van der Waals surface area (Å²) >= 11 is 2.01. The van der Waals surface area contributed by atoms with Crippen molar-refractivity contribution < 1.29 is 8.42 Å². The smallest absolute Gasteiger partial charge is 0.178 e. The van der Waals surface area contributed by atoms with E-state index < -0.39 is 9.84 Å². The molecule has 1 aromatic rings. The van der Waals surface area contributed by atoms with Gasteiger partial charge in [0.15, 0.2) is 9.84 Å². The minimum absolute atomic E-state index is 0.202. The second-order valence-corrected chi connectivity index (χ2v) is 8.55. The maximum Gasteiger partial charge on any atom is 0.178 e. The van der Waals surface area contributed by atoms with Gasteiger partial charge in [0, 0.05) is 12.1 Å². The van der Waals surface area contributed by atoms with E-state index in [2.05, 4.69) is 5.32 Å². The summed E-state index contributed by atoms with van der Waals surface area (Å²) in [6.45, 7) is 0. The van der Waals surface area contributed by atoms with Crippen LogP contribution in [0.2, 0.25) is 0 Å². The number of thioether (sulfide) groups is 1. The molecule has 104 valence electrons. The van der Waals surface area contributed by atoms with Crippen LogP contribution in [-0.4, -0.2) is 31.7 Å². The van der Waals surface area contributed by atoms with Gasteiger partial charge in [0.05, 0.1) is 10.6 Å². The molecule has 1 unspecified atom stereocenters. The zero-order valence-corrected chi connectivity index (χ0v) is 12.5. The zero-order chi connectivity index (χ0) is 13.3. The van der Waals surface area contributed by atoms with Crippen LogP contribution in [0, 0.1) is 0 Å². The van der Waals surface area contributed by atoms with Gasteiger partial charge in [0.25, 0.3) is 0 Å². The first-order chi connectivity index (χ1) is 9.17. The lowest BCUT2D eigenvalue weighted by atomic mass is 10.0. The van der Waals surface area contributed by atoms with Gasteiger partial charge < -0.3 is 5.32 Å². The predicted octanol–water partition coefficient (Wildman–Crippen LogP) is 2.39. The van der Waals surface area contributed by atoms with Gasteiger partial charge in [-0.3, -0.25) is 0 Å². The Morgan fingerprint density at radius 1 is 1.11 bits per heavy atom. The van der Waals surface area contributed by atoms with Gasteiger partial charge in [-0.2, -0.15) is 11.8 Å². The molecule has 1 N–H and O–H groups in total. The summed E-state index contributed by atoms with van der Waals surface area (Å²) in [6, 6.07) is 8.20. The summed E-state index contributed by atoms with van der Waals surface area (Å²) in [5, 5.41) is 3.67. The Morgan fingerprint density at radius 3 is 2.63 bits per heavy atom. The first-order valence-electron chi connectivity index (χ1n) is 6.82. The number of fused-ring (bicyclic) bond motifs is 1. The number of hydrogen-bond donors (Lipinski definition) is 1. The summed E-state index contributed by atoms with van der Waals surface area (Å²) in [7, 11) is -3.06. The molecule has 0 aromatic heterocycles. The molecule has 2 heterocycles. The second kappa shape index (κ2) is 5.46. The summed E-state index contributed by atoms with van der Waals surface area (Å²) in [5.74, 6) is 2.69. The highest BCUT2D eigenvalue weighted by Crippen LogP contribution is 2.33. The number of sulfone groups is 1. The molecule has 1 aromatic carbocycles. The van der Waals surface area contributed by atoms with Crippen LogP contribution in [0.4, 0.5) is 0 Å². The van der Waals surface area contributed by atoms with E-state index in [9.17, 15) is 8.42 Å². The Morgan fingerprint density at radius 2 is 1.84 bits per heavy atom. The summed E-state index contributed by atoms with van der Waals surface area (Å²) in [6.07, 6.45) is 3.08. The summed E-state index contributed by atoms with van der Waals surface area (Å²) in [4.78, 5) is 0.531. The van der Waals surface area contributed by atoms with Crippen LogP contribution in [0.15, 0.2) is 29.2 Å². The van der Waals surface area contributed by atoms with Gasteiger partial charge in [-0.1, -0.05) is 18.2 Å². The Labute approximate surface area is 119 Å². The van der Waals surface area contributed by atoms with Gasteiger partial charge in [0.1, 0.15) is 0 Å². The monoisotopic (exact) mass is 297 g/mol. The molecule has 2 aliphatic heterocycles. The van der Waals surface area contributed by atoms with Gasteiger partial charge >= 0.3 is 0 Å². The maximum absolute atomic E-state index is 12.1. The Balaban J connectivity index is 1.84. The number of rotatable bonds is 2. The first kappa shape index (κ1) is 13.5. The van der Waals surface area contributed by atoms with Crippen molar-refractivity contribution >= 4 is 21.6 Å². The van der Waals surface area contributed by atoms with E-state index in [-0.39, 0.29) is 11.8 Å². The highest BCUT2D eigenvalue weighted by atomic mass is 32.2. The van der Waals surface area contributed by atoms with E-state index in [0.29, 0.717) is 17.4 Å². The van der Waals surface area contributed by atoms with Crippen molar-refractivity contribution in [3.63, 3.8) is 0 Å². The van der Waals surface area contributed by atoms with E-state index in [0.717, 1.165) is 5.56 Å². The van der Waals surface area contributed by atoms with Crippen LogP contribution in [0.3, 0.4) is 0 Å². The van der Waals surface area contributed by atoms with E-state index in [1.54, 1.807) is 6.07 Å². The molecule has 0 radical (unpaired) electrons. The van der Waals surface area contributed by atoms with Crippen molar-refractivity contribution in [1.82, 2.24) is 5.32 Å². The third kappa shape index (κ3) is 2.83. The molecule has 0 saturated carbocycles. The van der Waals surface area contributed by atoms with Crippen molar-refractivity contribution in [2.75, 3.05) is 17.3 Å². The van der Waals surface area contributed by atoms with E-state index in [1.807, 2.05) is 30.0 Å². The maximum atomic E-state index is 12.1. The Kier molecular flexibility index (Phi) is 3.87. The van der Waals surface area contributed by atoms with Crippen LogP contribution in [0.1, 0.15) is 30.9 Å². The van der Waals surface area contributed by atoms with Crippen LogP contribution in [0.25, 0.3) is 0 Å². The molecule has 1 fully saturated rings. The molecule has 5 heteroatoms.